The van der Waals surface area contributed by atoms with Crippen molar-refractivity contribution in [3.05, 3.63) is 21.9 Å². The van der Waals surface area contributed by atoms with Crippen molar-refractivity contribution in [2.24, 2.45) is 0 Å². The lowest BCUT2D eigenvalue weighted by atomic mass is 9.95. The minimum atomic E-state index is -0.907. The summed E-state index contributed by atoms with van der Waals surface area (Å²) >= 11 is 1.45. The van der Waals surface area contributed by atoms with Gasteiger partial charge in [0.1, 0.15) is 0 Å². The molecule has 2 rings (SSSR count). The van der Waals surface area contributed by atoms with Crippen molar-refractivity contribution in [3.63, 3.8) is 0 Å². The van der Waals surface area contributed by atoms with E-state index < -0.39 is 12.1 Å². The largest absolute Gasteiger partial charge is 0.478 e. The van der Waals surface area contributed by atoms with Gasteiger partial charge in [0, 0.05) is 23.3 Å². The van der Waals surface area contributed by atoms with E-state index in [1.54, 1.807) is 11.4 Å². The number of carbonyl (C=O) groups is 2. The molecule has 0 atom stereocenters. The van der Waals surface area contributed by atoms with E-state index >= 15 is 0 Å². The lowest BCUT2D eigenvalue weighted by Crippen LogP contribution is -2.36. The molecule has 1 aromatic rings. The molecule has 2 N–H and O–H groups in total. The van der Waals surface area contributed by atoms with E-state index in [1.165, 1.54) is 16.2 Å². The van der Waals surface area contributed by atoms with Gasteiger partial charge in [-0.1, -0.05) is 0 Å². The SMILES string of the molecule is O=C(O)c1csc(C2CCN(C(=O)O)CC2)c1. The van der Waals surface area contributed by atoms with E-state index in [0.717, 1.165) is 17.7 Å². The summed E-state index contributed by atoms with van der Waals surface area (Å²) in [4.78, 5) is 24.0. The molecule has 2 heterocycles. The molecular weight excluding hydrogens is 242 g/mol. The molecule has 0 aromatic carbocycles. The van der Waals surface area contributed by atoms with Crippen LogP contribution in [0.1, 0.15) is 34.0 Å². The van der Waals surface area contributed by atoms with E-state index in [1.807, 2.05) is 0 Å². The van der Waals surface area contributed by atoms with Gasteiger partial charge in [0.2, 0.25) is 0 Å². The highest BCUT2D eigenvalue weighted by atomic mass is 32.1. The van der Waals surface area contributed by atoms with Gasteiger partial charge >= 0.3 is 12.1 Å². The number of likely N-dealkylation sites (tertiary alicyclic amines) is 1. The van der Waals surface area contributed by atoms with E-state index in [4.69, 9.17) is 10.2 Å². The van der Waals surface area contributed by atoms with Crippen LogP contribution in [0.3, 0.4) is 0 Å². The molecule has 0 saturated carbocycles. The van der Waals surface area contributed by atoms with Gasteiger partial charge in [0.05, 0.1) is 5.56 Å². The van der Waals surface area contributed by atoms with Crippen molar-refractivity contribution < 1.29 is 19.8 Å². The molecule has 6 heteroatoms. The third-order valence-electron chi connectivity index (χ3n) is 3.03. The number of thiophene rings is 1. The van der Waals surface area contributed by atoms with Crippen molar-refractivity contribution in [2.45, 2.75) is 18.8 Å². The van der Waals surface area contributed by atoms with Crippen LogP contribution in [0.5, 0.6) is 0 Å². The number of amides is 1. The second-order valence-electron chi connectivity index (χ2n) is 4.09. The average molecular weight is 255 g/mol. The van der Waals surface area contributed by atoms with Crippen molar-refractivity contribution in [1.29, 1.82) is 0 Å². The zero-order valence-electron chi connectivity index (χ0n) is 9.13. The Kier molecular flexibility index (Phi) is 3.33. The number of nitrogens with zero attached hydrogens (tertiary/aromatic N) is 1. The Bertz CT molecular complexity index is 434. The lowest BCUT2D eigenvalue weighted by Gasteiger charge is -2.29. The summed E-state index contributed by atoms with van der Waals surface area (Å²) in [7, 11) is 0. The number of hydrogen-bond donors (Lipinski definition) is 2. The van der Waals surface area contributed by atoms with Crippen LogP contribution >= 0.6 is 11.3 Å². The molecular formula is C11H13NO4S. The Morgan fingerprint density at radius 2 is 1.94 bits per heavy atom. The summed E-state index contributed by atoms with van der Waals surface area (Å²) < 4.78 is 0. The van der Waals surface area contributed by atoms with Gasteiger partial charge in [0.25, 0.3) is 0 Å². The van der Waals surface area contributed by atoms with E-state index in [-0.39, 0.29) is 0 Å². The summed E-state index contributed by atoms with van der Waals surface area (Å²) in [5, 5.41) is 19.3. The highest BCUT2D eigenvalue weighted by molar-refractivity contribution is 7.10. The van der Waals surface area contributed by atoms with Crippen molar-refractivity contribution in [3.8, 4) is 0 Å². The minimum Gasteiger partial charge on any atom is -0.478 e. The van der Waals surface area contributed by atoms with E-state index in [9.17, 15) is 9.59 Å². The standard InChI is InChI=1S/C11H13NO4S/c13-10(14)8-5-9(17-6-8)7-1-3-12(4-2-7)11(15)16/h5-7H,1-4H2,(H,13,14)(H,15,16). The number of aromatic carboxylic acids is 1. The van der Waals surface area contributed by atoms with Crippen LogP contribution in [0.15, 0.2) is 11.4 Å². The maximum atomic E-state index is 10.8. The molecule has 1 saturated heterocycles. The molecule has 92 valence electrons. The first-order chi connectivity index (χ1) is 8.08. The van der Waals surface area contributed by atoms with Crippen LogP contribution < -0.4 is 0 Å². The number of rotatable bonds is 2. The summed E-state index contributed by atoms with van der Waals surface area (Å²) in [5.74, 6) is -0.612. The van der Waals surface area contributed by atoms with Gasteiger partial charge in [-0.2, -0.15) is 0 Å². The molecule has 0 bridgehead atoms. The quantitative estimate of drug-likeness (QED) is 0.850. The molecule has 1 aliphatic rings. The van der Waals surface area contributed by atoms with Crippen LogP contribution in [0.25, 0.3) is 0 Å². The van der Waals surface area contributed by atoms with Gasteiger partial charge in [-0.05, 0) is 24.8 Å². The predicted molar refractivity (Wildman–Crippen MR) is 62.9 cm³/mol. The molecule has 1 aliphatic heterocycles. The maximum absolute atomic E-state index is 10.8. The number of piperidine rings is 1. The topological polar surface area (TPSA) is 77.8 Å². The van der Waals surface area contributed by atoms with E-state index in [2.05, 4.69) is 0 Å². The van der Waals surface area contributed by atoms with Crippen molar-refractivity contribution in [1.82, 2.24) is 4.90 Å². The zero-order valence-corrected chi connectivity index (χ0v) is 9.94. The van der Waals surface area contributed by atoms with Crippen molar-refractivity contribution in [2.75, 3.05) is 13.1 Å². The molecule has 1 fully saturated rings. The fourth-order valence-corrected chi connectivity index (χ4v) is 3.09. The van der Waals surface area contributed by atoms with Crippen LogP contribution in [-0.2, 0) is 0 Å². The smallest absolute Gasteiger partial charge is 0.407 e. The first-order valence-corrected chi connectivity index (χ1v) is 6.25. The Morgan fingerprint density at radius 3 is 2.41 bits per heavy atom. The normalized spacial score (nSPS) is 17.1. The lowest BCUT2D eigenvalue weighted by molar-refractivity contribution is 0.0697. The summed E-state index contributed by atoms with van der Waals surface area (Å²) in [5.41, 5.74) is 0.325. The number of carboxylic acid groups (broad SMARTS) is 2. The van der Waals surface area contributed by atoms with Crippen LogP contribution in [0.4, 0.5) is 4.79 Å². The Hall–Kier alpha value is -1.56. The molecule has 0 unspecified atom stereocenters. The zero-order chi connectivity index (χ0) is 12.4. The molecule has 0 aliphatic carbocycles. The van der Waals surface area contributed by atoms with Gasteiger partial charge in [-0.25, -0.2) is 9.59 Å². The molecule has 0 radical (unpaired) electrons. The second kappa shape index (κ2) is 4.75. The number of carboxylic acids is 1. The van der Waals surface area contributed by atoms with Gasteiger partial charge in [0.15, 0.2) is 0 Å². The molecule has 17 heavy (non-hydrogen) atoms. The first kappa shape index (κ1) is 11.9. The molecule has 1 aromatic heterocycles. The molecule has 0 spiro atoms. The number of hydrogen-bond acceptors (Lipinski definition) is 3. The minimum absolute atomic E-state index is 0.295. The highest BCUT2D eigenvalue weighted by Crippen LogP contribution is 2.32. The van der Waals surface area contributed by atoms with Gasteiger partial charge in [-0.15, -0.1) is 11.3 Å². The van der Waals surface area contributed by atoms with E-state index in [0.29, 0.717) is 24.6 Å². The van der Waals surface area contributed by atoms with Gasteiger partial charge < -0.3 is 15.1 Å². The second-order valence-corrected chi connectivity index (χ2v) is 5.03. The third-order valence-corrected chi connectivity index (χ3v) is 4.13. The third kappa shape index (κ3) is 2.58. The summed E-state index contributed by atoms with van der Waals surface area (Å²) in [6, 6.07) is 1.70. The molecule has 1 amide bonds. The summed E-state index contributed by atoms with van der Waals surface area (Å²) in [6.45, 7) is 1.06. The average Bonchev–Trinajstić information content (AvgIpc) is 2.78. The fourth-order valence-electron chi connectivity index (χ4n) is 2.03. The van der Waals surface area contributed by atoms with Crippen molar-refractivity contribution >= 4 is 23.4 Å². The van der Waals surface area contributed by atoms with Crippen LogP contribution in [-0.4, -0.2) is 40.3 Å². The Labute approximate surface area is 102 Å². The van der Waals surface area contributed by atoms with Gasteiger partial charge in [-0.3, -0.25) is 0 Å². The predicted octanol–water partition coefficient (Wildman–Crippen LogP) is 2.30. The molecule has 5 nitrogen and oxygen atoms in total. The Balaban J connectivity index is 2.00. The first-order valence-electron chi connectivity index (χ1n) is 5.37. The van der Waals surface area contributed by atoms with Crippen LogP contribution in [0.2, 0.25) is 0 Å². The highest BCUT2D eigenvalue weighted by Gasteiger charge is 2.24. The van der Waals surface area contributed by atoms with Crippen LogP contribution in [0, 0.1) is 0 Å². The maximum Gasteiger partial charge on any atom is 0.407 e. The Morgan fingerprint density at radius 1 is 1.29 bits per heavy atom. The summed E-state index contributed by atoms with van der Waals surface area (Å²) in [6.07, 6.45) is 0.665. The fraction of sp³-hybridized carbons (Fsp3) is 0.455. The monoisotopic (exact) mass is 255 g/mol.